The van der Waals surface area contributed by atoms with Gasteiger partial charge in [0.2, 0.25) is 0 Å². The molecule has 0 aromatic heterocycles. The molecule has 0 bridgehead atoms. The van der Waals surface area contributed by atoms with Gasteiger partial charge in [-0.3, -0.25) is 0 Å². The van der Waals surface area contributed by atoms with Crippen molar-refractivity contribution in [1.29, 1.82) is 0 Å². The highest BCUT2D eigenvalue weighted by atomic mass is 17.2. The zero-order valence-corrected chi connectivity index (χ0v) is 8.28. The molecule has 0 saturated carbocycles. The van der Waals surface area contributed by atoms with Crippen molar-refractivity contribution in [3.8, 4) is 0 Å². The van der Waals surface area contributed by atoms with E-state index in [9.17, 15) is 9.59 Å². The number of rotatable bonds is 0. The minimum Gasteiger partial charge on any atom is -0.312 e. The summed E-state index contributed by atoms with van der Waals surface area (Å²) in [4.78, 5) is 39.9. The lowest BCUT2D eigenvalue weighted by Crippen LogP contribution is -2.41. The SMILES string of the molecule is O=C1NCOOCNC(=O)NCOOCN1. The van der Waals surface area contributed by atoms with E-state index in [4.69, 9.17) is 0 Å². The number of urea groups is 2. The largest absolute Gasteiger partial charge is 0.318 e. The molecule has 1 saturated heterocycles. The van der Waals surface area contributed by atoms with Gasteiger partial charge in [-0.15, -0.1) is 0 Å². The second-order valence-corrected chi connectivity index (χ2v) is 2.41. The van der Waals surface area contributed by atoms with E-state index < -0.39 is 12.1 Å². The molecule has 4 N–H and O–H groups in total. The van der Waals surface area contributed by atoms with Gasteiger partial charge in [0.25, 0.3) is 0 Å². The zero-order valence-electron chi connectivity index (χ0n) is 8.28. The Kier molecular flexibility index (Phi) is 5.95. The minimum atomic E-state index is -0.513. The van der Waals surface area contributed by atoms with Gasteiger partial charge in [-0.1, -0.05) is 0 Å². The fourth-order valence-electron chi connectivity index (χ4n) is 0.672. The summed E-state index contributed by atoms with van der Waals surface area (Å²) in [6.07, 6.45) is 0. The van der Waals surface area contributed by atoms with Crippen molar-refractivity contribution in [3.63, 3.8) is 0 Å². The van der Waals surface area contributed by atoms with Crippen molar-refractivity contribution in [2.75, 3.05) is 26.9 Å². The van der Waals surface area contributed by atoms with Crippen LogP contribution in [0.4, 0.5) is 9.59 Å². The summed E-state index contributed by atoms with van der Waals surface area (Å²) < 4.78 is 0. The van der Waals surface area contributed by atoms with Gasteiger partial charge in [0.15, 0.2) is 26.9 Å². The zero-order chi connectivity index (χ0) is 11.6. The summed E-state index contributed by atoms with van der Waals surface area (Å²) in [6.45, 7) is -0.683. The number of carbonyl (C=O) groups is 2. The third-order valence-electron chi connectivity index (χ3n) is 1.33. The Labute approximate surface area is 90.4 Å². The first-order valence-corrected chi connectivity index (χ1v) is 4.31. The number of nitrogens with one attached hydrogen (secondary N) is 4. The van der Waals surface area contributed by atoms with E-state index in [2.05, 4.69) is 40.8 Å². The van der Waals surface area contributed by atoms with Crippen molar-refractivity contribution in [2.45, 2.75) is 0 Å². The molecule has 0 atom stereocenters. The highest BCUT2D eigenvalue weighted by Gasteiger charge is 2.02. The molecule has 0 radical (unpaired) electrons. The van der Waals surface area contributed by atoms with Crippen LogP contribution >= 0.6 is 0 Å². The van der Waals surface area contributed by atoms with E-state index in [-0.39, 0.29) is 26.9 Å². The van der Waals surface area contributed by atoms with E-state index >= 15 is 0 Å². The molecule has 10 heteroatoms. The van der Waals surface area contributed by atoms with Crippen LogP contribution in [0.25, 0.3) is 0 Å². The van der Waals surface area contributed by atoms with Crippen molar-refractivity contribution >= 4 is 12.1 Å². The molecule has 0 aromatic rings. The third-order valence-corrected chi connectivity index (χ3v) is 1.33. The highest BCUT2D eigenvalue weighted by molar-refractivity contribution is 5.73. The van der Waals surface area contributed by atoms with Crippen molar-refractivity contribution in [1.82, 2.24) is 21.3 Å². The molecule has 0 spiro atoms. The van der Waals surface area contributed by atoms with Gasteiger partial charge in [-0.2, -0.15) is 0 Å². The maximum absolute atomic E-state index is 10.9. The fourth-order valence-corrected chi connectivity index (χ4v) is 0.672. The number of carbonyl (C=O) groups excluding carboxylic acids is 2. The van der Waals surface area contributed by atoms with Crippen LogP contribution in [0, 0.1) is 0 Å². The van der Waals surface area contributed by atoms with Crippen molar-refractivity contribution < 1.29 is 29.1 Å². The maximum Gasteiger partial charge on any atom is 0.318 e. The van der Waals surface area contributed by atoms with E-state index in [0.717, 1.165) is 0 Å². The minimum absolute atomic E-state index is 0.171. The molecule has 16 heavy (non-hydrogen) atoms. The van der Waals surface area contributed by atoms with E-state index in [1.807, 2.05) is 0 Å². The van der Waals surface area contributed by atoms with Crippen LogP contribution in [-0.2, 0) is 19.6 Å². The first-order chi connectivity index (χ1) is 7.79. The summed E-state index contributed by atoms with van der Waals surface area (Å²) in [7, 11) is 0. The predicted octanol–water partition coefficient (Wildman–Crippen LogP) is -1.68. The van der Waals surface area contributed by atoms with Crippen molar-refractivity contribution in [3.05, 3.63) is 0 Å². The Morgan fingerprint density at radius 3 is 1.12 bits per heavy atom. The van der Waals surface area contributed by atoms with Crippen LogP contribution in [0.3, 0.4) is 0 Å². The van der Waals surface area contributed by atoms with Gasteiger partial charge < -0.3 is 21.3 Å². The lowest BCUT2D eigenvalue weighted by atomic mass is 10.9. The van der Waals surface area contributed by atoms with E-state index in [0.29, 0.717) is 0 Å². The summed E-state index contributed by atoms with van der Waals surface area (Å²) in [5, 5.41) is 9.15. The number of hydrogen-bond donors (Lipinski definition) is 4. The number of amides is 4. The Hall–Kier alpha value is -1.62. The summed E-state index contributed by atoms with van der Waals surface area (Å²) in [5.41, 5.74) is 0. The molecule has 0 aliphatic carbocycles. The first kappa shape index (κ1) is 12.4. The summed E-state index contributed by atoms with van der Waals surface area (Å²) in [6, 6.07) is -1.03. The van der Waals surface area contributed by atoms with Crippen LogP contribution in [0.5, 0.6) is 0 Å². The van der Waals surface area contributed by atoms with Crippen molar-refractivity contribution in [2.24, 2.45) is 0 Å². The lowest BCUT2D eigenvalue weighted by Gasteiger charge is -2.11. The van der Waals surface area contributed by atoms with Crippen LogP contribution in [0.15, 0.2) is 0 Å². The average molecular weight is 236 g/mol. The Morgan fingerprint density at radius 1 is 0.625 bits per heavy atom. The Balaban J connectivity index is 2.23. The van der Waals surface area contributed by atoms with Gasteiger partial charge >= 0.3 is 12.1 Å². The Bertz CT molecular complexity index is 193. The molecule has 1 rings (SSSR count). The molecule has 4 amide bonds. The topological polar surface area (TPSA) is 119 Å². The van der Waals surface area contributed by atoms with E-state index in [1.165, 1.54) is 0 Å². The maximum atomic E-state index is 10.9. The molecular formula is C6H12N4O6. The van der Waals surface area contributed by atoms with Gasteiger partial charge in [-0.25, -0.2) is 29.1 Å². The molecule has 0 unspecified atom stereocenters. The summed E-state index contributed by atoms with van der Waals surface area (Å²) >= 11 is 0. The van der Waals surface area contributed by atoms with Gasteiger partial charge in [0, 0.05) is 0 Å². The monoisotopic (exact) mass is 236 g/mol. The Morgan fingerprint density at radius 2 is 0.875 bits per heavy atom. The molecular weight excluding hydrogens is 224 g/mol. The van der Waals surface area contributed by atoms with E-state index in [1.54, 1.807) is 0 Å². The number of hydrogen-bond acceptors (Lipinski definition) is 6. The predicted molar refractivity (Wildman–Crippen MR) is 47.1 cm³/mol. The molecule has 1 heterocycles. The first-order valence-electron chi connectivity index (χ1n) is 4.31. The average Bonchev–Trinajstić information content (AvgIpc) is 2.27. The summed E-state index contributed by atoms with van der Waals surface area (Å²) in [5.74, 6) is 0. The van der Waals surface area contributed by atoms with Gasteiger partial charge in [0.05, 0.1) is 0 Å². The lowest BCUT2D eigenvalue weighted by molar-refractivity contribution is -0.304. The molecule has 0 aromatic carbocycles. The molecule has 1 aliphatic heterocycles. The molecule has 1 aliphatic rings. The molecule has 10 nitrogen and oxygen atoms in total. The second-order valence-electron chi connectivity index (χ2n) is 2.41. The molecule has 1 fully saturated rings. The van der Waals surface area contributed by atoms with Crippen LogP contribution in [0.1, 0.15) is 0 Å². The standard InChI is InChI=1S/C6H12N4O6/c11-5-7-1-13-14-2-9-6(12)10-4-16-15-3-8-5/h1-4H2,(H2,7,8,11)(H2,9,10,12). The van der Waals surface area contributed by atoms with Gasteiger partial charge in [-0.05, 0) is 0 Å². The quantitative estimate of drug-likeness (QED) is 0.373. The third kappa shape index (κ3) is 5.98. The van der Waals surface area contributed by atoms with Crippen LogP contribution in [0.2, 0.25) is 0 Å². The smallest absolute Gasteiger partial charge is 0.312 e. The molecule has 92 valence electrons. The van der Waals surface area contributed by atoms with Crippen LogP contribution in [-0.4, -0.2) is 39.0 Å². The van der Waals surface area contributed by atoms with Crippen LogP contribution < -0.4 is 21.3 Å². The fraction of sp³-hybridized carbons (Fsp3) is 0.667. The second kappa shape index (κ2) is 7.64. The highest BCUT2D eigenvalue weighted by Crippen LogP contribution is 1.78. The van der Waals surface area contributed by atoms with Gasteiger partial charge in [0.1, 0.15) is 0 Å². The normalized spacial score (nSPS) is 20.8.